The van der Waals surface area contributed by atoms with Crippen LogP contribution < -0.4 is 4.74 Å². The minimum atomic E-state index is 0.191. The molecule has 0 aromatic heterocycles. The standard InChI is InChI=1S/C16H24NO3/c1-3-10-20-15-6-4-14(5-7-15)16(18)13-17(2)8-11-19-12-9-17/h4-7H,3,8-13H2,1-2H3/q+1. The molecule has 1 fully saturated rings. The van der Waals surface area contributed by atoms with Gasteiger partial charge in [0.15, 0.2) is 0 Å². The Balaban J connectivity index is 1.94. The number of quaternary nitrogens is 1. The van der Waals surface area contributed by atoms with E-state index in [1.165, 1.54) is 0 Å². The van der Waals surface area contributed by atoms with Gasteiger partial charge in [-0.05, 0) is 30.7 Å². The molecule has 1 aromatic rings. The molecule has 2 rings (SSSR count). The van der Waals surface area contributed by atoms with Crippen LogP contribution in [0.2, 0.25) is 0 Å². The molecule has 110 valence electrons. The van der Waals surface area contributed by atoms with Gasteiger partial charge in [0.05, 0.1) is 26.9 Å². The first-order valence-corrected chi connectivity index (χ1v) is 7.30. The second-order valence-electron chi connectivity index (χ2n) is 5.63. The average Bonchev–Trinajstić information content (AvgIpc) is 2.46. The van der Waals surface area contributed by atoms with Crippen LogP contribution in [0.4, 0.5) is 0 Å². The predicted octanol–water partition coefficient (Wildman–Crippen LogP) is 2.13. The van der Waals surface area contributed by atoms with Crippen LogP contribution in [0.1, 0.15) is 23.7 Å². The minimum Gasteiger partial charge on any atom is -0.494 e. The maximum Gasteiger partial charge on any atom is 0.216 e. The molecule has 4 nitrogen and oxygen atoms in total. The van der Waals surface area contributed by atoms with Crippen molar-refractivity contribution in [2.24, 2.45) is 0 Å². The highest BCUT2D eigenvalue weighted by molar-refractivity contribution is 5.97. The molecule has 0 aliphatic carbocycles. The summed E-state index contributed by atoms with van der Waals surface area (Å²) in [5.74, 6) is 1.02. The van der Waals surface area contributed by atoms with E-state index in [1.54, 1.807) is 0 Å². The zero-order chi connectivity index (χ0) is 14.4. The third kappa shape index (κ3) is 4.05. The SMILES string of the molecule is CCCOc1ccc(C(=O)C[N+]2(C)CCOCC2)cc1. The Bertz CT molecular complexity index is 436. The van der Waals surface area contributed by atoms with Gasteiger partial charge >= 0.3 is 0 Å². The highest BCUT2D eigenvalue weighted by atomic mass is 16.5. The van der Waals surface area contributed by atoms with E-state index in [1.807, 2.05) is 24.3 Å². The fourth-order valence-electron chi connectivity index (χ4n) is 2.34. The zero-order valence-electron chi connectivity index (χ0n) is 12.4. The molecule has 1 aliphatic rings. The van der Waals surface area contributed by atoms with Crippen molar-refractivity contribution >= 4 is 5.78 Å². The molecular weight excluding hydrogens is 254 g/mol. The lowest BCUT2D eigenvalue weighted by atomic mass is 10.1. The fraction of sp³-hybridized carbons (Fsp3) is 0.562. The lowest BCUT2D eigenvalue weighted by molar-refractivity contribution is -0.908. The van der Waals surface area contributed by atoms with E-state index in [-0.39, 0.29) is 5.78 Å². The Kier molecular flexibility index (Phi) is 5.15. The van der Waals surface area contributed by atoms with Crippen molar-refractivity contribution in [2.45, 2.75) is 13.3 Å². The van der Waals surface area contributed by atoms with Gasteiger partial charge in [0.2, 0.25) is 5.78 Å². The lowest BCUT2D eigenvalue weighted by Gasteiger charge is -2.36. The lowest BCUT2D eigenvalue weighted by Crippen LogP contribution is -2.54. The maximum atomic E-state index is 12.3. The highest BCUT2D eigenvalue weighted by Crippen LogP contribution is 2.15. The molecule has 4 heteroatoms. The molecule has 1 heterocycles. The Hall–Kier alpha value is -1.39. The maximum absolute atomic E-state index is 12.3. The van der Waals surface area contributed by atoms with Crippen LogP contribution in [0, 0.1) is 0 Å². The Morgan fingerprint density at radius 3 is 2.50 bits per heavy atom. The molecule has 0 spiro atoms. The first kappa shape index (κ1) is 15.0. The smallest absolute Gasteiger partial charge is 0.216 e. The summed E-state index contributed by atoms with van der Waals surface area (Å²) in [6, 6.07) is 7.48. The number of Topliss-reactive ketones (excluding diaryl/α,β-unsaturated/α-hetero) is 1. The van der Waals surface area contributed by atoms with E-state index in [0.29, 0.717) is 13.2 Å². The summed E-state index contributed by atoms with van der Waals surface area (Å²) in [6.45, 7) is 6.62. The number of hydrogen-bond donors (Lipinski definition) is 0. The quantitative estimate of drug-likeness (QED) is 0.591. The zero-order valence-corrected chi connectivity index (χ0v) is 12.4. The third-order valence-corrected chi connectivity index (χ3v) is 3.73. The van der Waals surface area contributed by atoms with E-state index in [0.717, 1.165) is 48.5 Å². The molecule has 1 aliphatic heterocycles. The summed E-state index contributed by atoms with van der Waals surface area (Å²) in [5, 5.41) is 0. The van der Waals surface area contributed by atoms with Crippen molar-refractivity contribution in [1.29, 1.82) is 0 Å². The predicted molar refractivity (Wildman–Crippen MR) is 78.2 cm³/mol. The third-order valence-electron chi connectivity index (χ3n) is 3.73. The molecule has 1 aromatic carbocycles. The van der Waals surface area contributed by atoms with E-state index in [2.05, 4.69) is 14.0 Å². The van der Waals surface area contributed by atoms with Crippen molar-refractivity contribution in [2.75, 3.05) is 46.5 Å². The van der Waals surface area contributed by atoms with Gasteiger partial charge in [0.1, 0.15) is 25.4 Å². The number of carbonyl (C=O) groups is 1. The van der Waals surface area contributed by atoms with Crippen LogP contribution >= 0.6 is 0 Å². The molecule has 0 amide bonds. The van der Waals surface area contributed by atoms with Crippen molar-refractivity contribution in [3.05, 3.63) is 29.8 Å². The molecule has 1 saturated heterocycles. The Labute approximate surface area is 120 Å². The van der Waals surface area contributed by atoms with Gasteiger partial charge in [-0.15, -0.1) is 0 Å². The van der Waals surface area contributed by atoms with Crippen LogP contribution in [0.3, 0.4) is 0 Å². The first-order chi connectivity index (χ1) is 9.63. The van der Waals surface area contributed by atoms with Crippen molar-refractivity contribution < 1.29 is 18.8 Å². The van der Waals surface area contributed by atoms with Gasteiger partial charge in [-0.1, -0.05) is 6.92 Å². The van der Waals surface area contributed by atoms with Crippen molar-refractivity contribution in [3.8, 4) is 5.75 Å². The summed E-state index contributed by atoms with van der Waals surface area (Å²) in [7, 11) is 2.12. The first-order valence-electron chi connectivity index (χ1n) is 7.30. The molecule has 0 unspecified atom stereocenters. The normalized spacial score (nSPS) is 17.7. The molecule has 0 atom stereocenters. The molecule has 20 heavy (non-hydrogen) atoms. The molecule has 0 bridgehead atoms. The van der Waals surface area contributed by atoms with Crippen molar-refractivity contribution in [1.82, 2.24) is 0 Å². The van der Waals surface area contributed by atoms with Gasteiger partial charge in [-0.3, -0.25) is 4.79 Å². The number of ketones is 1. The second-order valence-corrected chi connectivity index (χ2v) is 5.63. The summed E-state index contributed by atoms with van der Waals surface area (Å²) in [5.41, 5.74) is 0.764. The summed E-state index contributed by atoms with van der Waals surface area (Å²) < 4.78 is 11.7. The van der Waals surface area contributed by atoms with Crippen LogP contribution in [0.15, 0.2) is 24.3 Å². The Morgan fingerprint density at radius 1 is 1.25 bits per heavy atom. The van der Waals surface area contributed by atoms with Gasteiger partial charge in [0.25, 0.3) is 0 Å². The number of carbonyl (C=O) groups excluding carboxylic acids is 1. The number of rotatable bonds is 6. The molecule has 0 N–H and O–H groups in total. The van der Waals surface area contributed by atoms with Gasteiger partial charge in [-0.25, -0.2) is 0 Å². The number of benzene rings is 1. The summed E-state index contributed by atoms with van der Waals surface area (Å²) >= 11 is 0. The van der Waals surface area contributed by atoms with Gasteiger partial charge < -0.3 is 14.0 Å². The highest BCUT2D eigenvalue weighted by Gasteiger charge is 2.28. The van der Waals surface area contributed by atoms with Gasteiger partial charge in [0, 0.05) is 5.56 Å². The van der Waals surface area contributed by atoms with Crippen molar-refractivity contribution in [3.63, 3.8) is 0 Å². The van der Waals surface area contributed by atoms with Crippen LogP contribution in [-0.2, 0) is 4.74 Å². The number of nitrogens with zero attached hydrogens (tertiary/aromatic N) is 1. The van der Waals surface area contributed by atoms with Crippen LogP contribution in [-0.4, -0.2) is 56.8 Å². The largest absolute Gasteiger partial charge is 0.494 e. The minimum absolute atomic E-state index is 0.191. The number of likely N-dealkylation sites (N-methyl/N-ethyl adjacent to an activating group) is 1. The fourth-order valence-corrected chi connectivity index (χ4v) is 2.34. The van der Waals surface area contributed by atoms with Crippen LogP contribution in [0.25, 0.3) is 0 Å². The van der Waals surface area contributed by atoms with E-state index in [9.17, 15) is 4.79 Å². The molecule has 0 saturated carbocycles. The second kappa shape index (κ2) is 6.86. The van der Waals surface area contributed by atoms with Crippen LogP contribution in [0.5, 0.6) is 5.75 Å². The number of morpholine rings is 1. The number of ether oxygens (including phenoxy) is 2. The Morgan fingerprint density at radius 2 is 1.90 bits per heavy atom. The summed E-state index contributed by atoms with van der Waals surface area (Å²) in [6.07, 6.45) is 0.985. The van der Waals surface area contributed by atoms with E-state index < -0.39 is 0 Å². The van der Waals surface area contributed by atoms with E-state index in [4.69, 9.17) is 9.47 Å². The average molecular weight is 278 g/mol. The van der Waals surface area contributed by atoms with Gasteiger partial charge in [-0.2, -0.15) is 0 Å². The monoisotopic (exact) mass is 278 g/mol. The molecule has 0 radical (unpaired) electrons. The van der Waals surface area contributed by atoms with E-state index >= 15 is 0 Å². The topological polar surface area (TPSA) is 35.5 Å². The summed E-state index contributed by atoms with van der Waals surface area (Å²) in [4.78, 5) is 12.3. The molecular formula is C16H24NO3+. The number of hydrogen-bond acceptors (Lipinski definition) is 3.